The summed E-state index contributed by atoms with van der Waals surface area (Å²) in [6.07, 6.45) is 2.61. The average molecular weight is 215 g/mol. The predicted molar refractivity (Wildman–Crippen MR) is 65.2 cm³/mol. The number of hydrogen-bond acceptors (Lipinski definition) is 3. The van der Waals surface area contributed by atoms with Gasteiger partial charge in [-0.1, -0.05) is 0 Å². The zero-order valence-electron chi connectivity index (χ0n) is 9.59. The van der Waals surface area contributed by atoms with Gasteiger partial charge in [0.2, 0.25) is 0 Å². The Labute approximate surface area is 96.5 Å². The first-order valence-corrected chi connectivity index (χ1v) is 5.67. The monoisotopic (exact) mass is 215 g/mol. The zero-order valence-corrected chi connectivity index (χ0v) is 9.59. The lowest BCUT2D eigenvalue weighted by Gasteiger charge is -2.16. The molecule has 0 aliphatic heterocycles. The maximum Gasteiger partial charge on any atom is 0.0991 e. The molecule has 0 atom stereocenters. The molecule has 3 heteroatoms. The van der Waals surface area contributed by atoms with Crippen LogP contribution in [-0.2, 0) is 0 Å². The van der Waals surface area contributed by atoms with Gasteiger partial charge in [-0.15, -0.1) is 0 Å². The predicted octanol–water partition coefficient (Wildman–Crippen LogP) is 1.97. The van der Waals surface area contributed by atoms with Gasteiger partial charge in [-0.2, -0.15) is 5.26 Å². The first kappa shape index (κ1) is 11.0. The topological polar surface area (TPSA) is 47.8 Å². The first-order valence-electron chi connectivity index (χ1n) is 5.67. The van der Waals surface area contributed by atoms with Crippen molar-refractivity contribution in [3.63, 3.8) is 0 Å². The van der Waals surface area contributed by atoms with Gasteiger partial charge in [0.25, 0.3) is 0 Å². The summed E-state index contributed by atoms with van der Waals surface area (Å²) in [6, 6.07) is 9.75. The Hall–Kier alpha value is -1.53. The summed E-state index contributed by atoms with van der Waals surface area (Å²) in [7, 11) is 2.00. The molecule has 1 aromatic carbocycles. The van der Waals surface area contributed by atoms with Crippen LogP contribution < -0.4 is 10.6 Å². The molecule has 1 saturated carbocycles. The van der Waals surface area contributed by atoms with Crippen LogP contribution in [0.4, 0.5) is 5.69 Å². The highest BCUT2D eigenvalue weighted by Gasteiger charge is 2.41. The molecule has 1 fully saturated rings. The molecule has 1 aromatic rings. The highest BCUT2D eigenvalue weighted by Crippen LogP contribution is 2.44. The van der Waals surface area contributed by atoms with E-state index in [1.54, 1.807) is 0 Å². The number of anilines is 1. The molecule has 0 spiro atoms. The fraction of sp³-hybridized carbons (Fsp3) is 0.462. The van der Waals surface area contributed by atoms with E-state index in [0.29, 0.717) is 11.0 Å². The third kappa shape index (κ3) is 2.53. The summed E-state index contributed by atoms with van der Waals surface area (Å²) in [5.74, 6) is 0. The second-order valence-electron chi connectivity index (χ2n) is 4.57. The molecular formula is C13H17N3. The van der Waals surface area contributed by atoms with E-state index in [1.165, 1.54) is 12.8 Å². The highest BCUT2D eigenvalue weighted by molar-refractivity contribution is 5.47. The van der Waals surface area contributed by atoms with Crippen molar-refractivity contribution in [2.45, 2.75) is 12.8 Å². The van der Waals surface area contributed by atoms with E-state index in [4.69, 9.17) is 5.26 Å². The lowest BCUT2D eigenvalue weighted by Crippen LogP contribution is -2.26. The van der Waals surface area contributed by atoms with Gasteiger partial charge < -0.3 is 10.6 Å². The zero-order chi connectivity index (χ0) is 11.4. The van der Waals surface area contributed by atoms with E-state index in [-0.39, 0.29) is 0 Å². The Morgan fingerprint density at radius 3 is 2.44 bits per heavy atom. The van der Waals surface area contributed by atoms with Crippen LogP contribution in [0.25, 0.3) is 0 Å². The van der Waals surface area contributed by atoms with Gasteiger partial charge in [0.1, 0.15) is 0 Å². The molecule has 84 valence electrons. The minimum absolute atomic E-state index is 0.461. The molecule has 2 rings (SSSR count). The lowest BCUT2D eigenvalue weighted by molar-refractivity contribution is 0.507. The van der Waals surface area contributed by atoms with Crippen LogP contribution in [0.5, 0.6) is 0 Å². The number of benzene rings is 1. The van der Waals surface area contributed by atoms with Crippen LogP contribution in [0.2, 0.25) is 0 Å². The lowest BCUT2D eigenvalue weighted by atomic mass is 10.1. The Balaban J connectivity index is 1.88. The molecule has 0 heterocycles. The Bertz CT molecular complexity index is 385. The van der Waals surface area contributed by atoms with Crippen LogP contribution in [0.3, 0.4) is 0 Å². The van der Waals surface area contributed by atoms with Gasteiger partial charge in [-0.05, 0) is 44.2 Å². The molecule has 0 bridgehead atoms. The summed E-state index contributed by atoms with van der Waals surface area (Å²) in [5, 5.41) is 15.4. The van der Waals surface area contributed by atoms with E-state index in [0.717, 1.165) is 18.8 Å². The van der Waals surface area contributed by atoms with Crippen molar-refractivity contribution in [3.8, 4) is 6.07 Å². The normalized spacial score (nSPS) is 16.5. The van der Waals surface area contributed by atoms with E-state index in [9.17, 15) is 0 Å². The Morgan fingerprint density at radius 1 is 1.25 bits per heavy atom. The highest BCUT2D eigenvalue weighted by atomic mass is 14.9. The van der Waals surface area contributed by atoms with E-state index in [1.807, 2.05) is 31.3 Å². The summed E-state index contributed by atoms with van der Waals surface area (Å²) in [6.45, 7) is 2.09. The van der Waals surface area contributed by atoms with Gasteiger partial charge >= 0.3 is 0 Å². The van der Waals surface area contributed by atoms with E-state index >= 15 is 0 Å². The molecule has 0 unspecified atom stereocenters. The molecule has 1 aliphatic carbocycles. The molecule has 2 N–H and O–H groups in total. The summed E-state index contributed by atoms with van der Waals surface area (Å²) < 4.78 is 0. The number of hydrogen-bond donors (Lipinski definition) is 2. The quantitative estimate of drug-likeness (QED) is 0.789. The maximum absolute atomic E-state index is 8.69. The average Bonchev–Trinajstić information content (AvgIpc) is 3.08. The van der Waals surface area contributed by atoms with Crippen molar-refractivity contribution in [2.75, 3.05) is 25.5 Å². The Kier molecular flexibility index (Phi) is 3.12. The van der Waals surface area contributed by atoms with Crippen molar-refractivity contribution in [3.05, 3.63) is 29.8 Å². The van der Waals surface area contributed by atoms with Crippen molar-refractivity contribution in [1.82, 2.24) is 5.32 Å². The molecule has 0 radical (unpaired) electrons. The van der Waals surface area contributed by atoms with Gasteiger partial charge in [0.15, 0.2) is 0 Å². The summed E-state index contributed by atoms with van der Waals surface area (Å²) in [4.78, 5) is 0. The second kappa shape index (κ2) is 4.54. The molecular weight excluding hydrogens is 198 g/mol. The number of nitriles is 1. The fourth-order valence-corrected chi connectivity index (χ4v) is 1.92. The van der Waals surface area contributed by atoms with Crippen molar-refractivity contribution in [1.29, 1.82) is 5.26 Å². The molecule has 0 saturated heterocycles. The van der Waals surface area contributed by atoms with Gasteiger partial charge in [-0.25, -0.2) is 0 Å². The standard InChI is InChI=1S/C13H17N3/c1-15-9-13(6-7-13)10-16-12-4-2-11(8-14)3-5-12/h2-5,15-16H,6-7,9-10H2,1H3. The largest absolute Gasteiger partial charge is 0.384 e. The third-order valence-corrected chi connectivity index (χ3v) is 3.19. The van der Waals surface area contributed by atoms with Crippen LogP contribution >= 0.6 is 0 Å². The van der Waals surface area contributed by atoms with Gasteiger partial charge in [-0.3, -0.25) is 0 Å². The van der Waals surface area contributed by atoms with Crippen LogP contribution in [-0.4, -0.2) is 20.1 Å². The van der Waals surface area contributed by atoms with Gasteiger partial charge in [0.05, 0.1) is 11.6 Å². The number of nitrogens with one attached hydrogen (secondary N) is 2. The molecule has 0 amide bonds. The van der Waals surface area contributed by atoms with Crippen LogP contribution in [0.1, 0.15) is 18.4 Å². The fourth-order valence-electron chi connectivity index (χ4n) is 1.92. The molecule has 1 aliphatic rings. The number of rotatable bonds is 5. The maximum atomic E-state index is 8.69. The third-order valence-electron chi connectivity index (χ3n) is 3.19. The van der Waals surface area contributed by atoms with E-state index in [2.05, 4.69) is 16.7 Å². The van der Waals surface area contributed by atoms with Crippen molar-refractivity contribution >= 4 is 5.69 Å². The van der Waals surface area contributed by atoms with Crippen LogP contribution in [0, 0.1) is 16.7 Å². The molecule has 16 heavy (non-hydrogen) atoms. The second-order valence-corrected chi connectivity index (χ2v) is 4.57. The van der Waals surface area contributed by atoms with Crippen molar-refractivity contribution in [2.24, 2.45) is 5.41 Å². The minimum atomic E-state index is 0.461. The minimum Gasteiger partial charge on any atom is -0.384 e. The number of nitrogens with zero attached hydrogens (tertiary/aromatic N) is 1. The smallest absolute Gasteiger partial charge is 0.0991 e. The van der Waals surface area contributed by atoms with Crippen molar-refractivity contribution < 1.29 is 0 Å². The molecule has 3 nitrogen and oxygen atoms in total. The first-order chi connectivity index (χ1) is 7.78. The molecule has 0 aromatic heterocycles. The Morgan fingerprint density at radius 2 is 1.94 bits per heavy atom. The summed E-state index contributed by atoms with van der Waals surface area (Å²) >= 11 is 0. The van der Waals surface area contributed by atoms with Crippen LogP contribution in [0.15, 0.2) is 24.3 Å². The van der Waals surface area contributed by atoms with Gasteiger partial charge in [0, 0.05) is 24.2 Å². The SMILES string of the molecule is CNCC1(CNc2ccc(C#N)cc2)CC1. The van der Waals surface area contributed by atoms with E-state index < -0.39 is 0 Å². The summed E-state index contributed by atoms with van der Waals surface area (Å²) in [5.41, 5.74) is 2.27.